The lowest BCUT2D eigenvalue weighted by molar-refractivity contribution is -0.274. The molecular weight excluding hydrogens is 419 g/mol. The zero-order valence-electron chi connectivity index (χ0n) is 18.1. The summed E-state index contributed by atoms with van der Waals surface area (Å²) >= 11 is 0. The third kappa shape index (κ3) is 5.49. The highest BCUT2D eigenvalue weighted by molar-refractivity contribution is 6.02. The van der Waals surface area contributed by atoms with E-state index in [9.17, 15) is 18.0 Å². The molecule has 0 saturated heterocycles. The topological polar surface area (TPSA) is 70.1 Å². The fraction of sp³-hybridized carbons (Fsp3) is 0.333. The number of unbranched alkanes of at least 4 members (excludes halogenated alkanes) is 2. The molecule has 2 aromatic heterocycles. The van der Waals surface area contributed by atoms with E-state index in [0.717, 1.165) is 30.7 Å². The highest BCUT2D eigenvalue weighted by atomic mass is 19.4. The zero-order valence-corrected chi connectivity index (χ0v) is 18.1. The van der Waals surface area contributed by atoms with Crippen molar-refractivity contribution < 1.29 is 22.7 Å². The second-order valence-electron chi connectivity index (χ2n) is 7.59. The number of hydrogen-bond donors (Lipinski definition) is 1. The molecule has 0 fully saturated rings. The van der Waals surface area contributed by atoms with E-state index in [4.69, 9.17) is 5.73 Å². The van der Waals surface area contributed by atoms with Crippen LogP contribution in [0.15, 0.2) is 48.7 Å². The number of primary amides is 1. The number of carbonyl (C=O) groups excluding carboxylic acids is 1. The van der Waals surface area contributed by atoms with Crippen molar-refractivity contribution in [1.29, 1.82) is 0 Å². The van der Waals surface area contributed by atoms with Gasteiger partial charge in [0.2, 0.25) is 0 Å². The number of alkyl halides is 3. The van der Waals surface area contributed by atoms with Crippen LogP contribution < -0.4 is 10.5 Å². The molecule has 0 aliphatic carbocycles. The summed E-state index contributed by atoms with van der Waals surface area (Å²) in [5, 5.41) is 0. The van der Waals surface area contributed by atoms with Crippen LogP contribution in [0, 0.1) is 6.92 Å². The van der Waals surface area contributed by atoms with Crippen LogP contribution >= 0.6 is 0 Å². The largest absolute Gasteiger partial charge is 0.573 e. The molecule has 0 unspecified atom stereocenters. The van der Waals surface area contributed by atoms with Crippen LogP contribution in [0.25, 0.3) is 11.1 Å². The summed E-state index contributed by atoms with van der Waals surface area (Å²) < 4.78 is 44.4. The van der Waals surface area contributed by atoms with Gasteiger partial charge < -0.3 is 15.0 Å². The molecule has 0 radical (unpaired) electrons. The fourth-order valence-corrected chi connectivity index (χ4v) is 3.93. The Kier molecular flexibility index (Phi) is 7.22. The van der Waals surface area contributed by atoms with Crippen LogP contribution in [0.1, 0.15) is 53.6 Å². The smallest absolute Gasteiger partial charge is 0.406 e. The Bertz CT molecular complexity index is 1080. The van der Waals surface area contributed by atoms with Gasteiger partial charge in [-0.15, -0.1) is 13.2 Å². The van der Waals surface area contributed by atoms with Gasteiger partial charge in [0.25, 0.3) is 5.91 Å². The van der Waals surface area contributed by atoms with Crippen molar-refractivity contribution in [3.63, 3.8) is 0 Å². The average Bonchev–Trinajstić information content (AvgIpc) is 3.00. The molecule has 2 heterocycles. The molecule has 0 aliphatic heterocycles. The summed E-state index contributed by atoms with van der Waals surface area (Å²) in [6.07, 6.45) is 0.387. The fourth-order valence-electron chi connectivity index (χ4n) is 3.93. The number of carbonyl (C=O) groups is 1. The van der Waals surface area contributed by atoms with Crippen molar-refractivity contribution in [2.75, 3.05) is 0 Å². The molecular formula is C24H26F3N3O2. The lowest BCUT2D eigenvalue weighted by Gasteiger charge is -2.14. The number of rotatable bonds is 9. The number of pyridine rings is 1. The van der Waals surface area contributed by atoms with E-state index in [1.165, 1.54) is 18.2 Å². The predicted molar refractivity (Wildman–Crippen MR) is 116 cm³/mol. The minimum absolute atomic E-state index is 0.302. The molecule has 3 aromatic rings. The monoisotopic (exact) mass is 445 g/mol. The van der Waals surface area contributed by atoms with Crippen LogP contribution in [0.2, 0.25) is 0 Å². The second-order valence-corrected chi connectivity index (χ2v) is 7.59. The maximum absolute atomic E-state index is 12.8. The minimum atomic E-state index is -4.81. The van der Waals surface area contributed by atoms with E-state index < -0.39 is 12.3 Å². The first-order valence-electron chi connectivity index (χ1n) is 10.5. The van der Waals surface area contributed by atoms with E-state index in [-0.39, 0.29) is 5.75 Å². The normalized spacial score (nSPS) is 11.5. The SMILES string of the molecule is CCCCCc1c(-c2cccc(OC(F)(F)F)c2)c(C(N)=O)c(C)n1Cc1ccccn1. The molecule has 170 valence electrons. The molecule has 0 bridgehead atoms. The first kappa shape index (κ1) is 23.4. The Morgan fingerprint density at radius 1 is 1.16 bits per heavy atom. The number of hydrogen-bond acceptors (Lipinski definition) is 3. The predicted octanol–water partition coefficient (Wildman–Crippen LogP) is 5.64. The minimum Gasteiger partial charge on any atom is -0.406 e. The van der Waals surface area contributed by atoms with Gasteiger partial charge in [-0.1, -0.05) is 38.0 Å². The molecule has 0 spiro atoms. The molecule has 0 atom stereocenters. The summed E-state index contributed by atoms with van der Waals surface area (Å²) in [7, 11) is 0. The average molecular weight is 445 g/mol. The molecule has 2 N–H and O–H groups in total. The molecule has 32 heavy (non-hydrogen) atoms. The maximum atomic E-state index is 12.8. The van der Waals surface area contributed by atoms with Crippen molar-refractivity contribution in [2.24, 2.45) is 5.73 Å². The number of ether oxygens (including phenoxy) is 1. The molecule has 5 nitrogen and oxygen atoms in total. The second kappa shape index (κ2) is 9.89. The number of amides is 1. The highest BCUT2D eigenvalue weighted by Gasteiger charge is 2.31. The van der Waals surface area contributed by atoms with Gasteiger partial charge in [-0.25, -0.2) is 0 Å². The number of nitrogens with zero attached hydrogens (tertiary/aromatic N) is 2. The van der Waals surface area contributed by atoms with Gasteiger partial charge in [0.15, 0.2) is 0 Å². The quantitative estimate of drug-likeness (QED) is 0.434. The summed E-state index contributed by atoms with van der Waals surface area (Å²) in [6.45, 7) is 4.31. The van der Waals surface area contributed by atoms with Crippen molar-refractivity contribution in [3.8, 4) is 16.9 Å². The molecule has 1 aromatic carbocycles. The van der Waals surface area contributed by atoms with Crippen LogP contribution in [0.5, 0.6) is 5.75 Å². The molecule has 8 heteroatoms. The van der Waals surface area contributed by atoms with E-state index >= 15 is 0 Å². The van der Waals surface area contributed by atoms with Crippen molar-refractivity contribution in [3.05, 3.63) is 71.3 Å². The highest BCUT2D eigenvalue weighted by Crippen LogP contribution is 2.36. The molecule has 0 aliphatic rings. The van der Waals surface area contributed by atoms with Crippen molar-refractivity contribution >= 4 is 5.91 Å². The summed E-state index contributed by atoms with van der Waals surface area (Å²) in [5.74, 6) is -0.976. The van der Waals surface area contributed by atoms with Crippen LogP contribution in [-0.2, 0) is 13.0 Å². The van der Waals surface area contributed by atoms with Gasteiger partial charge in [-0.2, -0.15) is 0 Å². The van der Waals surface area contributed by atoms with Crippen LogP contribution in [-0.4, -0.2) is 21.8 Å². The third-order valence-electron chi connectivity index (χ3n) is 5.30. The van der Waals surface area contributed by atoms with Gasteiger partial charge in [-0.05, 0) is 49.6 Å². The Morgan fingerprint density at radius 3 is 2.56 bits per heavy atom. The van der Waals surface area contributed by atoms with E-state index in [1.54, 1.807) is 19.2 Å². The van der Waals surface area contributed by atoms with Crippen molar-refractivity contribution in [2.45, 2.75) is 52.4 Å². The maximum Gasteiger partial charge on any atom is 0.573 e. The van der Waals surface area contributed by atoms with Gasteiger partial charge in [0, 0.05) is 23.1 Å². The molecule has 3 rings (SSSR count). The van der Waals surface area contributed by atoms with E-state index in [0.29, 0.717) is 35.3 Å². The van der Waals surface area contributed by atoms with Gasteiger partial charge in [0.1, 0.15) is 5.75 Å². The summed E-state index contributed by atoms with van der Waals surface area (Å²) in [6, 6.07) is 11.3. The number of nitrogens with two attached hydrogens (primary N) is 1. The summed E-state index contributed by atoms with van der Waals surface area (Å²) in [4.78, 5) is 16.8. The Labute approximate surface area is 185 Å². The van der Waals surface area contributed by atoms with Crippen molar-refractivity contribution in [1.82, 2.24) is 9.55 Å². The van der Waals surface area contributed by atoms with E-state index in [1.807, 2.05) is 22.8 Å². The van der Waals surface area contributed by atoms with E-state index in [2.05, 4.69) is 16.6 Å². The first-order valence-corrected chi connectivity index (χ1v) is 10.5. The van der Waals surface area contributed by atoms with Gasteiger partial charge >= 0.3 is 6.36 Å². The standard InChI is InChI=1S/C24H26F3N3O2/c1-3-4-5-12-20-22(17-9-8-11-19(14-17)32-24(25,26)27)21(23(28)31)16(2)30(20)15-18-10-6-7-13-29-18/h6-11,13-14H,3-5,12,15H2,1-2H3,(H2,28,31). The number of halogens is 3. The van der Waals surface area contributed by atoms with Gasteiger partial charge in [0.05, 0.1) is 17.8 Å². The lowest BCUT2D eigenvalue weighted by atomic mass is 9.97. The molecule has 0 saturated carbocycles. The Hall–Kier alpha value is -3.29. The number of aromatic nitrogens is 2. The summed E-state index contributed by atoms with van der Waals surface area (Å²) in [5.41, 5.74) is 9.36. The number of benzene rings is 1. The molecule has 1 amide bonds. The Balaban J connectivity index is 2.18. The van der Waals surface area contributed by atoms with Crippen LogP contribution in [0.4, 0.5) is 13.2 Å². The lowest BCUT2D eigenvalue weighted by Crippen LogP contribution is -2.17. The van der Waals surface area contributed by atoms with Crippen LogP contribution in [0.3, 0.4) is 0 Å². The van der Waals surface area contributed by atoms with Gasteiger partial charge in [-0.3, -0.25) is 9.78 Å². The third-order valence-corrected chi connectivity index (χ3v) is 5.30. The Morgan fingerprint density at radius 2 is 1.94 bits per heavy atom. The first-order chi connectivity index (χ1) is 15.2. The zero-order chi connectivity index (χ0) is 23.3.